The van der Waals surface area contributed by atoms with Gasteiger partial charge in [0.25, 0.3) is 0 Å². The molecule has 0 aliphatic carbocycles. The van der Waals surface area contributed by atoms with E-state index in [-0.39, 0.29) is 0 Å². The zero-order valence-corrected chi connectivity index (χ0v) is 13.7. The average molecular weight is 302 g/mol. The Bertz CT molecular complexity index is 377. The van der Waals surface area contributed by atoms with Crippen LogP contribution in [0, 0.1) is 5.92 Å². The highest BCUT2D eigenvalue weighted by molar-refractivity contribution is 6.42. The zero-order chi connectivity index (χ0) is 14.3. The fraction of sp³-hybridized carbons (Fsp3) is 0.625. The summed E-state index contributed by atoms with van der Waals surface area (Å²) in [5.41, 5.74) is 1.24. The normalized spacial score (nSPS) is 12.9. The van der Waals surface area contributed by atoms with Crippen LogP contribution in [0.1, 0.15) is 58.1 Å². The number of hydrogen-bond donors (Lipinski definition) is 1. The SMILES string of the molecule is CCCNC(CCCC(C)C)c1ccc(Cl)c(Cl)c1. The van der Waals surface area contributed by atoms with Crippen LogP contribution in [0.4, 0.5) is 0 Å². The molecule has 0 spiro atoms. The van der Waals surface area contributed by atoms with Gasteiger partial charge in [-0.1, -0.05) is 62.9 Å². The smallest absolute Gasteiger partial charge is 0.0595 e. The molecular formula is C16H25Cl2N. The first-order valence-electron chi connectivity index (χ1n) is 7.23. The molecule has 1 atom stereocenters. The molecule has 0 fully saturated rings. The van der Waals surface area contributed by atoms with Crippen molar-refractivity contribution in [3.05, 3.63) is 33.8 Å². The molecule has 1 nitrogen and oxygen atoms in total. The lowest BCUT2D eigenvalue weighted by Gasteiger charge is -2.20. The average Bonchev–Trinajstić information content (AvgIpc) is 2.36. The maximum absolute atomic E-state index is 6.12. The van der Waals surface area contributed by atoms with Crippen molar-refractivity contribution in [2.45, 2.75) is 52.5 Å². The van der Waals surface area contributed by atoms with Crippen molar-refractivity contribution in [1.82, 2.24) is 5.32 Å². The van der Waals surface area contributed by atoms with Crippen LogP contribution in [0.25, 0.3) is 0 Å². The fourth-order valence-electron chi connectivity index (χ4n) is 2.16. The molecule has 1 unspecified atom stereocenters. The van der Waals surface area contributed by atoms with Gasteiger partial charge in [-0.25, -0.2) is 0 Å². The molecule has 19 heavy (non-hydrogen) atoms. The Morgan fingerprint density at radius 3 is 2.42 bits per heavy atom. The minimum atomic E-state index is 0.383. The van der Waals surface area contributed by atoms with E-state index in [1.54, 1.807) is 0 Å². The van der Waals surface area contributed by atoms with Crippen LogP contribution in [0.5, 0.6) is 0 Å². The molecule has 0 amide bonds. The second kappa shape index (κ2) is 8.84. The molecule has 0 aliphatic rings. The van der Waals surface area contributed by atoms with Crippen LogP contribution in [0.15, 0.2) is 18.2 Å². The van der Waals surface area contributed by atoms with Crippen LogP contribution in [-0.2, 0) is 0 Å². The zero-order valence-electron chi connectivity index (χ0n) is 12.2. The molecule has 1 aromatic carbocycles. The summed E-state index contributed by atoms with van der Waals surface area (Å²) >= 11 is 12.1. The van der Waals surface area contributed by atoms with Gasteiger partial charge in [-0.05, 0) is 43.0 Å². The van der Waals surface area contributed by atoms with Crippen molar-refractivity contribution < 1.29 is 0 Å². The van der Waals surface area contributed by atoms with Crippen LogP contribution in [0.3, 0.4) is 0 Å². The van der Waals surface area contributed by atoms with Gasteiger partial charge in [0.2, 0.25) is 0 Å². The number of hydrogen-bond acceptors (Lipinski definition) is 1. The van der Waals surface area contributed by atoms with Crippen LogP contribution >= 0.6 is 23.2 Å². The van der Waals surface area contributed by atoms with Gasteiger partial charge >= 0.3 is 0 Å². The first kappa shape index (κ1) is 16.8. The van der Waals surface area contributed by atoms with Crippen molar-refractivity contribution in [2.24, 2.45) is 5.92 Å². The summed E-state index contributed by atoms with van der Waals surface area (Å²) in [6.07, 6.45) is 4.79. The third-order valence-electron chi connectivity index (χ3n) is 3.26. The summed E-state index contributed by atoms with van der Waals surface area (Å²) in [6, 6.07) is 6.35. The van der Waals surface area contributed by atoms with E-state index >= 15 is 0 Å². The van der Waals surface area contributed by atoms with E-state index in [4.69, 9.17) is 23.2 Å². The summed E-state index contributed by atoms with van der Waals surface area (Å²) in [7, 11) is 0. The largest absolute Gasteiger partial charge is 0.310 e. The Kier molecular flexibility index (Phi) is 7.82. The van der Waals surface area contributed by atoms with Crippen molar-refractivity contribution >= 4 is 23.2 Å². The van der Waals surface area contributed by atoms with Crippen LogP contribution in [0.2, 0.25) is 10.0 Å². The summed E-state index contributed by atoms with van der Waals surface area (Å²) in [4.78, 5) is 0. The van der Waals surface area contributed by atoms with Crippen molar-refractivity contribution in [3.63, 3.8) is 0 Å². The number of benzene rings is 1. The quantitative estimate of drug-likeness (QED) is 0.634. The van der Waals surface area contributed by atoms with Gasteiger partial charge in [-0.15, -0.1) is 0 Å². The molecular weight excluding hydrogens is 277 g/mol. The van der Waals surface area contributed by atoms with Crippen molar-refractivity contribution in [1.29, 1.82) is 0 Å². The molecule has 0 saturated heterocycles. The first-order chi connectivity index (χ1) is 9.04. The molecule has 1 N–H and O–H groups in total. The van der Waals surface area contributed by atoms with Gasteiger partial charge in [-0.3, -0.25) is 0 Å². The summed E-state index contributed by atoms with van der Waals surface area (Å²) in [5, 5.41) is 4.88. The first-order valence-corrected chi connectivity index (χ1v) is 7.98. The molecule has 0 aromatic heterocycles. The Hall–Kier alpha value is -0.240. The van der Waals surface area contributed by atoms with E-state index < -0.39 is 0 Å². The summed E-state index contributed by atoms with van der Waals surface area (Å²) < 4.78 is 0. The minimum absolute atomic E-state index is 0.383. The molecule has 0 radical (unpaired) electrons. The molecule has 3 heteroatoms. The van der Waals surface area contributed by atoms with Gasteiger partial charge < -0.3 is 5.32 Å². The molecule has 1 rings (SSSR count). The Morgan fingerprint density at radius 1 is 1.11 bits per heavy atom. The number of halogens is 2. The lowest BCUT2D eigenvalue weighted by atomic mass is 9.98. The number of rotatable bonds is 8. The molecule has 1 aromatic rings. The summed E-state index contributed by atoms with van der Waals surface area (Å²) in [5.74, 6) is 0.764. The lowest BCUT2D eigenvalue weighted by molar-refractivity contribution is 0.447. The van der Waals surface area contributed by atoms with Gasteiger partial charge in [0.05, 0.1) is 10.0 Å². The maximum atomic E-state index is 6.12. The molecule has 0 heterocycles. The van der Waals surface area contributed by atoms with Gasteiger partial charge in [0, 0.05) is 6.04 Å². The van der Waals surface area contributed by atoms with Gasteiger partial charge in [-0.2, -0.15) is 0 Å². The minimum Gasteiger partial charge on any atom is -0.310 e. The predicted octanol–water partition coefficient (Wildman–Crippen LogP) is 5.86. The fourth-order valence-corrected chi connectivity index (χ4v) is 2.47. The lowest BCUT2D eigenvalue weighted by Crippen LogP contribution is -2.22. The van der Waals surface area contributed by atoms with Crippen molar-refractivity contribution in [3.8, 4) is 0 Å². The second-order valence-corrected chi connectivity index (χ2v) is 6.32. The Balaban J connectivity index is 2.68. The van der Waals surface area contributed by atoms with Crippen molar-refractivity contribution in [2.75, 3.05) is 6.54 Å². The highest BCUT2D eigenvalue weighted by Crippen LogP contribution is 2.28. The molecule has 0 bridgehead atoms. The number of nitrogens with one attached hydrogen (secondary N) is 1. The molecule has 0 aliphatic heterocycles. The topological polar surface area (TPSA) is 12.0 Å². The van der Waals surface area contributed by atoms with E-state index in [0.29, 0.717) is 16.1 Å². The molecule has 0 saturated carbocycles. The molecule has 108 valence electrons. The Morgan fingerprint density at radius 2 is 1.84 bits per heavy atom. The van der Waals surface area contributed by atoms with E-state index in [0.717, 1.165) is 25.3 Å². The highest BCUT2D eigenvalue weighted by atomic mass is 35.5. The third-order valence-corrected chi connectivity index (χ3v) is 4.00. The predicted molar refractivity (Wildman–Crippen MR) is 86.2 cm³/mol. The van der Waals surface area contributed by atoms with Crippen LogP contribution < -0.4 is 5.32 Å². The maximum Gasteiger partial charge on any atom is 0.0595 e. The second-order valence-electron chi connectivity index (χ2n) is 5.51. The van der Waals surface area contributed by atoms with Crippen LogP contribution in [-0.4, -0.2) is 6.54 Å². The van der Waals surface area contributed by atoms with E-state index in [9.17, 15) is 0 Å². The highest BCUT2D eigenvalue weighted by Gasteiger charge is 2.12. The van der Waals surface area contributed by atoms with E-state index in [1.807, 2.05) is 12.1 Å². The van der Waals surface area contributed by atoms with E-state index in [2.05, 4.69) is 32.2 Å². The summed E-state index contributed by atoms with van der Waals surface area (Å²) in [6.45, 7) is 7.76. The van der Waals surface area contributed by atoms with Gasteiger partial charge in [0.1, 0.15) is 0 Å². The Labute approximate surface area is 127 Å². The van der Waals surface area contributed by atoms with E-state index in [1.165, 1.54) is 18.4 Å². The monoisotopic (exact) mass is 301 g/mol. The van der Waals surface area contributed by atoms with Gasteiger partial charge in [0.15, 0.2) is 0 Å². The standard InChI is InChI=1S/C16H25Cl2N/c1-4-10-19-16(7-5-6-12(2)3)13-8-9-14(17)15(18)11-13/h8-9,11-12,16,19H,4-7,10H2,1-3H3. The third kappa shape index (κ3) is 6.16.